The van der Waals surface area contributed by atoms with Crippen molar-refractivity contribution < 1.29 is 19.1 Å². The van der Waals surface area contributed by atoms with E-state index in [2.05, 4.69) is 21.2 Å². The summed E-state index contributed by atoms with van der Waals surface area (Å²) in [4.78, 5) is 26.2. The molecular weight excluding hydrogens is 424 g/mol. The fraction of sp³-hybridized carbons (Fsp3) is 0.238. The Labute approximate surface area is 172 Å². The summed E-state index contributed by atoms with van der Waals surface area (Å²) in [6.07, 6.45) is 3.21. The molecule has 0 radical (unpaired) electrons. The van der Waals surface area contributed by atoms with Crippen LogP contribution in [0.15, 0.2) is 53.0 Å². The highest BCUT2D eigenvalue weighted by molar-refractivity contribution is 9.10. The van der Waals surface area contributed by atoms with Crippen molar-refractivity contribution in [3.63, 3.8) is 0 Å². The molecule has 6 nitrogen and oxygen atoms in total. The summed E-state index contributed by atoms with van der Waals surface area (Å²) in [5.74, 6) is 0.768. The summed E-state index contributed by atoms with van der Waals surface area (Å²) >= 11 is 3.38. The van der Waals surface area contributed by atoms with Gasteiger partial charge in [0.2, 0.25) is 11.8 Å². The van der Waals surface area contributed by atoms with E-state index in [1.54, 1.807) is 24.3 Å². The molecule has 146 valence electrons. The third kappa shape index (κ3) is 5.36. The molecule has 2 amide bonds. The molecule has 0 spiro atoms. The quantitative estimate of drug-likeness (QED) is 0.689. The highest BCUT2D eigenvalue weighted by Crippen LogP contribution is 2.32. The van der Waals surface area contributed by atoms with E-state index < -0.39 is 0 Å². The van der Waals surface area contributed by atoms with Crippen LogP contribution in [0, 0.1) is 0 Å². The third-order valence-corrected chi connectivity index (χ3v) is 4.67. The highest BCUT2D eigenvalue weighted by Gasteiger charge is 2.16. The number of hydrogen-bond donors (Lipinski definition) is 1. The molecule has 1 aliphatic heterocycles. The molecule has 7 heteroatoms. The van der Waals surface area contributed by atoms with E-state index in [0.717, 1.165) is 10.0 Å². The zero-order chi connectivity index (χ0) is 19.9. The van der Waals surface area contributed by atoms with Gasteiger partial charge in [0.05, 0.1) is 0 Å². The van der Waals surface area contributed by atoms with Crippen LogP contribution in [0.5, 0.6) is 11.5 Å². The van der Waals surface area contributed by atoms with E-state index in [4.69, 9.17) is 9.47 Å². The maximum absolute atomic E-state index is 12.4. The zero-order valence-corrected chi connectivity index (χ0v) is 17.1. The molecule has 0 atom stereocenters. The van der Waals surface area contributed by atoms with Crippen LogP contribution >= 0.6 is 15.9 Å². The number of halogens is 1. The summed E-state index contributed by atoms with van der Waals surface area (Å²) in [5.41, 5.74) is 1.51. The number of carbonyl (C=O) groups is 2. The Bertz CT molecular complexity index is 880. The minimum Gasteiger partial charge on any atom is -0.486 e. The summed E-state index contributed by atoms with van der Waals surface area (Å²) in [6, 6.07) is 12.8. The summed E-state index contributed by atoms with van der Waals surface area (Å²) in [6.45, 7) is 3.22. The highest BCUT2D eigenvalue weighted by atomic mass is 79.9. The summed E-state index contributed by atoms with van der Waals surface area (Å²) < 4.78 is 12.0. The molecule has 0 fully saturated rings. The first kappa shape index (κ1) is 19.9. The lowest BCUT2D eigenvalue weighted by Crippen LogP contribution is -2.36. The van der Waals surface area contributed by atoms with Crippen LogP contribution in [-0.4, -0.2) is 43.0 Å². The molecule has 0 unspecified atom stereocenters. The van der Waals surface area contributed by atoms with Crippen LogP contribution in [-0.2, 0) is 9.59 Å². The first-order chi connectivity index (χ1) is 13.5. The van der Waals surface area contributed by atoms with E-state index in [1.165, 1.54) is 11.0 Å². The topological polar surface area (TPSA) is 67.9 Å². The van der Waals surface area contributed by atoms with Gasteiger partial charge in [0.25, 0.3) is 0 Å². The molecule has 1 aliphatic rings. The summed E-state index contributed by atoms with van der Waals surface area (Å²) in [7, 11) is 0. The van der Waals surface area contributed by atoms with Crippen LogP contribution in [0.3, 0.4) is 0 Å². The van der Waals surface area contributed by atoms with Crippen molar-refractivity contribution in [1.82, 2.24) is 4.90 Å². The van der Waals surface area contributed by atoms with E-state index >= 15 is 0 Å². The standard InChI is InChI=1S/C21H21BrN2O4/c1-2-24(21(26)10-5-15-3-6-16(22)7-4-15)14-20(25)23-17-8-9-18-19(13-17)28-12-11-27-18/h3-10,13H,2,11-12,14H2,1H3,(H,23,25)/b10-5+. The lowest BCUT2D eigenvalue weighted by Gasteiger charge is -2.20. The van der Waals surface area contributed by atoms with Gasteiger partial charge in [0.1, 0.15) is 19.8 Å². The van der Waals surface area contributed by atoms with E-state index in [-0.39, 0.29) is 18.4 Å². The summed E-state index contributed by atoms with van der Waals surface area (Å²) in [5, 5.41) is 2.79. The number of carbonyl (C=O) groups excluding carboxylic acids is 2. The number of ether oxygens (including phenoxy) is 2. The fourth-order valence-corrected chi connectivity index (χ4v) is 2.95. The molecule has 0 aliphatic carbocycles. The number of nitrogens with one attached hydrogen (secondary N) is 1. The van der Waals surface area contributed by atoms with Crippen LogP contribution < -0.4 is 14.8 Å². The first-order valence-electron chi connectivity index (χ1n) is 8.97. The number of hydrogen-bond acceptors (Lipinski definition) is 4. The number of nitrogens with zero attached hydrogens (tertiary/aromatic N) is 1. The predicted molar refractivity (Wildman–Crippen MR) is 111 cm³/mol. The minimum absolute atomic E-state index is 0.0333. The van der Waals surface area contributed by atoms with Gasteiger partial charge in [-0.1, -0.05) is 28.1 Å². The largest absolute Gasteiger partial charge is 0.486 e. The lowest BCUT2D eigenvalue weighted by molar-refractivity contribution is -0.130. The molecule has 1 N–H and O–H groups in total. The Hall–Kier alpha value is -2.80. The second-order valence-electron chi connectivity index (χ2n) is 6.14. The van der Waals surface area contributed by atoms with Crippen LogP contribution in [0.2, 0.25) is 0 Å². The van der Waals surface area contributed by atoms with Gasteiger partial charge in [-0.15, -0.1) is 0 Å². The van der Waals surface area contributed by atoms with Gasteiger partial charge in [0.15, 0.2) is 11.5 Å². The van der Waals surface area contributed by atoms with E-state index in [1.807, 2.05) is 31.2 Å². The Balaban J connectivity index is 1.58. The predicted octanol–water partition coefficient (Wildman–Crippen LogP) is 3.72. The minimum atomic E-state index is -0.274. The zero-order valence-electron chi connectivity index (χ0n) is 15.5. The Morgan fingerprint density at radius 2 is 1.82 bits per heavy atom. The lowest BCUT2D eigenvalue weighted by atomic mass is 10.2. The molecule has 0 aromatic heterocycles. The molecule has 28 heavy (non-hydrogen) atoms. The van der Waals surface area contributed by atoms with Crippen molar-refractivity contribution in [2.24, 2.45) is 0 Å². The molecular formula is C21H21BrN2O4. The number of fused-ring (bicyclic) bond motifs is 1. The molecule has 2 aromatic carbocycles. The molecule has 2 aromatic rings. The molecule has 1 heterocycles. The van der Waals surface area contributed by atoms with Crippen LogP contribution in [0.25, 0.3) is 6.08 Å². The van der Waals surface area contributed by atoms with Gasteiger partial charge in [-0.05, 0) is 42.8 Å². The SMILES string of the molecule is CCN(CC(=O)Nc1ccc2c(c1)OCCO2)C(=O)/C=C/c1ccc(Br)cc1. The van der Waals surface area contributed by atoms with Gasteiger partial charge in [-0.25, -0.2) is 0 Å². The Morgan fingerprint density at radius 3 is 2.54 bits per heavy atom. The van der Waals surface area contributed by atoms with Gasteiger partial charge in [-0.3, -0.25) is 9.59 Å². The number of amides is 2. The van der Waals surface area contributed by atoms with Crippen molar-refractivity contribution in [2.45, 2.75) is 6.92 Å². The monoisotopic (exact) mass is 444 g/mol. The molecule has 3 rings (SSSR count). The number of likely N-dealkylation sites (N-methyl/N-ethyl adjacent to an activating group) is 1. The fourth-order valence-electron chi connectivity index (χ4n) is 2.69. The number of benzene rings is 2. The third-order valence-electron chi connectivity index (χ3n) is 4.14. The van der Waals surface area contributed by atoms with Crippen molar-refractivity contribution in [3.05, 3.63) is 58.6 Å². The number of anilines is 1. The van der Waals surface area contributed by atoms with Crippen LogP contribution in [0.1, 0.15) is 12.5 Å². The van der Waals surface area contributed by atoms with Crippen molar-refractivity contribution >= 4 is 39.5 Å². The Kier molecular flexibility index (Phi) is 6.71. The van der Waals surface area contributed by atoms with Gasteiger partial charge >= 0.3 is 0 Å². The maximum atomic E-state index is 12.4. The molecule has 0 saturated carbocycles. The normalized spacial score (nSPS) is 12.6. The first-order valence-corrected chi connectivity index (χ1v) is 9.76. The van der Waals surface area contributed by atoms with Crippen molar-refractivity contribution in [1.29, 1.82) is 0 Å². The maximum Gasteiger partial charge on any atom is 0.247 e. The van der Waals surface area contributed by atoms with E-state index in [0.29, 0.717) is 36.9 Å². The smallest absolute Gasteiger partial charge is 0.247 e. The number of rotatable bonds is 6. The van der Waals surface area contributed by atoms with Gasteiger partial charge in [0, 0.05) is 28.8 Å². The second kappa shape index (κ2) is 9.41. The van der Waals surface area contributed by atoms with E-state index in [9.17, 15) is 9.59 Å². The van der Waals surface area contributed by atoms with Gasteiger partial charge < -0.3 is 19.7 Å². The molecule has 0 saturated heterocycles. The Morgan fingerprint density at radius 1 is 1.11 bits per heavy atom. The van der Waals surface area contributed by atoms with Crippen molar-refractivity contribution in [2.75, 3.05) is 31.6 Å². The average molecular weight is 445 g/mol. The average Bonchev–Trinajstić information content (AvgIpc) is 2.71. The van der Waals surface area contributed by atoms with Gasteiger partial charge in [-0.2, -0.15) is 0 Å². The van der Waals surface area contributed by atoms with Crippen molar-refractivity contribution in [3.8, 4) is 11.5 Å². The van der Waals surface area contributed by atoms with Crippen LogP contribution in [0.4, 0.5) is 5.69 Å². The molecule has 0 bridgehead atoms. The second-order valence-corrected chi connectivity index (χ2v) is 7.06.